The molecule has 0 aliphatic carbocycles. The number of hydrogen-bond donors (Lipinski definition) is 1. The molecule has 1 amide bonds. The van der Waals surface area contributed by atoms with E-state index in [9.17, 15) is 4.79 Å². The molecule has 0 unspecified atom stereocenters. The maximum atomic E-state index is 12.6. The molecule has 0 aromatic carbocycles. The Hall–Kier alpha value is -1.44. The third kappa shape index (κ3) is 4.59. The van der Waals surface area contributed by atoms with E-state index >= 15 is 0 Å². The van der Waals surface area contributed by atoms with Crippen molar-refractivity contribution in [2.75, 3.05) is 52.6 Å². The number of nitrogens with zero attached hydrogens (tertiary/aromatic N) is 3. The molecule has 140 valence electrons. The highest BCUT2D eigenvalue weighted by molar-refractivity contribution is 5.92. The summed E-state index contributed by atoms with van der Waals surface area (Å²) in [5.41, 5.74) is 1.65. The first kappa shape index (κ1) is 18.4. The molecule has 2 saturated heterocycles. The fraction of sp³-hybridized carbons (Fsp3) is 0.778. The Kier molecular flexibility index (Phi) is 6.09. The third-order valence-electron chi connectivity index (χ3n) is 5.41. The fourth-order valence-electron chi connectivity index (χ4n) is 3.73. The van der Waals surface area contributed by atoms with Gasteiger partial charge >= 0.3 is 0 Å². The maximum absolute atomic E-state index is 12.6. The van der Waals surface area contributed by atoms with Crippen molar-refractivity contribution in [1.29, 1.82) is 0 Å². The second-order valence-electron chi connectivity index (χ2n) is 7.18. The van der Waals surface area contributed by atoms with E-state index in [1.807, 2.05) is 13.1 Å². The lowest BCUT2D eigenvalue weighted by Crippen LogP contribution is -2.50. The lowest BCUT2D eigenvalue weighted by Gasteiger charge is -2.42. The van der Waals surface area contributed by atoms with Crippen molar-refractivity contribution in [3.05, 3.63) is 17.5 Å². The normalized spacial score (nSPS) is 21.2. The van der Waals surface area contributed by atoms with Gasteiger partial charge in [-0.05, 0) is 25.3 Å². The number of rotatable bonds is 6. The lowest BCUT2D eigenvalue weighted by atomic mass is 9.79. The average molecular weight is 350 g/mol. The van der Waals surface area contributed by atoms with Crippen molar-refractivity contribution >= 4 is 5.91 Å². The van der Waals surface area contributed by atoms with Crippen LogP contribution in [0.5, 0.6) is 0 Å². The van der Waals surface area contributed by atoms with Crippen molar-refractivity contribution in [3.63, 3.8) is 0 Å². The van der Waals surface area contributed by atoms with Crippen LogP contribution in [-0.4, -0.2) is 73.2 Å². The molecule has 2 aliphatic rings. The van der Waals surface area contributed by atoms with Gasteiger partial charge in [-0.2, -0.15) is 5.10 Å². The summed E-state index contributed by atoms with van der Waals surface area (Å²) in [4.78, 5) is 15.0. The summed E-state index contributed by atoms with van der Waals surface area (Å²) >= 11 is 0. The standard InChI is InChI=1S/C18H30N4O3/c1-3-15-12-16(20-21(15)2)17(23)19-13-18(4-8-24-9-5-18)14-22-6-10-25-11-7-22/h12H,3-11,13-14H2,1-2H3,(H,19,23). The molecule has 0 bridgehead atoms. The average Bonchev–Trinajstić information content (AvgIpc) is 3.02. The summed E-state index contributed by atoms with van der Waals surface area (Å²) in [7, 11) is 1.88. The molecule has 2 aliphatic heterocycles. The highest BCUT2D eigenvalue weighted by Crippen LogP contribution is 2.31. The molecule has 2 fully saturated rings. The van der Waals surface area contributed by atoms with Gasteiger partial charge in [0.05, 0.1) is 13.2 Å². The quantitative estimate of drug-likeness (QED) is 0.823. The minimum absolute atomic E-state index is 0.0770. The van der Waals surface area contributed by atoms with Gasteiger partial charge in [0.15, 0.2) is 0 Å². The zero-order valence-corrected chi connectivity index (χ0v) is 15.4. The van der Waals surface area contributed by atoms with E-state index in [4.69, 9.17) is 9.47 Å². The van der Waals surface area contributed by atoms with Gasteiger partial charge in [0.1, 0.15) is 5.69 Å². The van der Waals surface area contributed by atoms with Gasteiger partial charge in [-0.3, -0.25) is 14.4 Å². The number of morpholine rings is 1. The number of ether oxygens (including phenoxy) is 2. The van der Waals surface area contributed by atoms with E-state index < -0.39 is 0 Å². The van der Waals surface area contributed by atoms with Crippen molar-refractivity contribution in [2.24, 2.45) is 12.5 Å². The summed E-state index contributed by atoms with van der Waals surface area (Å²) in [5, 5.41) is 7.47. The molecule has 7 heteroatoms. The van der Waals surface area contributed by atoms with Gasteiger partial charge < -0.3 is 14.8 Å². The van der Waals surface area contributed by atoms with E-state index in [0.29, 0.717) is 12.2 Å². The first-order valence-electron chi connectivity index (χ1n) is 9.31. The second kappa shape index (κ2) is 8.29. The van der Waals surface area contributed by atoms with Crippen LogP contribution in [0.2, 0.25) is 0 Å². The van der Waals surface area contributed by atoms with Gasteiger partial charge in [0.2, 0.25) is 0 Å². The molecule has 1 aromatic heterocycles. The van der Waals surface area contributed by atoms with E-state index in [0.717, 1.165) is 71.0 Å². The molecule has 0 radical (unpaired) electrons. The Balaban J connectivity index is 1.62. The number of carbonyl (C=O) groups excluding carboxylic acids is 1. The fourth-order valence-corrected chi connectivity index (χ4v) is 3.73. The zero-order chi connectivity index (χ0) is 17.7. The largest absolute Gasteiger partial charge is 0.381 e. The van der Waals surface area contributed by atoms with Crippen molar-refractivity contribution in [1.82, 2.24) is 20.0 Å². The Labute approximate surface area is 149 Å². The van der Waals surface area contributed by atoms with Crippen LogP contribution in [0.3, 0.4) is 0 Å². The van der Waals surface area contributed by atoms with Crippen LogP contribution in [0.25, 0.3) is 0 Å². The maximum Gasteiger partial charge on any atom is 0.271 e. The molecule has 3 heterocycles. The summed E-state index contributed by atoms with van der Waals surface area (Å²) in [6.45, 7) is 8.80. The summed E-state index contributed by atoms with van der Waals surface area (Å²) < 4.78 is 12.8. The molecule has 1 aromatic rings. The third-order valence-corrected chi connectivity index (χ3v) is 5.41. The highest BCUT2D eigenvalue weighted by atomic mass is 16.5. The van der Waals surface area contributed by atoms with Crippen molar-refractivity contribution < 1.29 is 14.3 Å². The molecular weight excluding hydrogens is 320 g/mol. The Morgan fingerprint density at radius 1 is 1.24 bits per heavy atom. The number of aryl methyl sites for hydroxylation is 2. The Morgan fingerprint density at radius 3 is 2.56 bits per heavy atom. The van der Waals surface area contributed by atoms with Gasteiger partial charge in [0.25, 0.3) is 5.91 Å². The van der Waals surface area contributed by atoms with Crippen LogP contribution in [0.15, 0.2) is 6.07 Å². The van der Waals surface area contributed by atoms with Crippen molar-refractivity contribution in [3.8, 4) is 0 Å². The number of carbonyl (C=O) groups is 1. The van der Waals surface area contributed by atoms with Gasteiger partial charge in [0, 0.05) is 57.5 Å². The summed E-state index contributed by atoms with van der Waals surface area (Å²) in [6, 6.07) is 1.88. The van der Waals surface area contributed by atoms with E-state index in [1.165, 1.54) is 0 Å². The number of nitrogens with one attached hydrogen (secondary N) is 1. The SMILES string of the molecule is CCc1cc(C(=O)NCC2(CN3CCOCC3)CCOCC2)nn1C. The second-order valence-corrected chi connectivity index (χ2v) is 7.18. The van der Waals surface area contributed by atoms with E-state index in [1.54, 1.807) is 4.68 Å². The van der Waals surface area contributed by atoms with Crippen LogP contribution in [0, 0.1) is 5.41 Å². The van der Waals surface area contributed by atoms with Crippen LogP contribution in [0.1, 0.15) is 35.9 Å². The number of hydrogen-bond acceptors (Lipinski definition) is 5. The van der Waals surface area contributed by atoms with Crippen LogP contribution >= 0.6 is 0 Å². The van der Waals surface area contributed by atoms with Gasteiger partial charge in [-0.1, -0.05) is 6.92 Å². The lowest BCUT2D eigenvalue weighted by molar-refractivity contribution is -0.0283. The van der Waals surface area contributed by atoms with Gasteiger partial charge in [-0.25, -0.2) is 0 Å². The van der Waals surface area contributed by atoms with Crippen molar-refractivity contribution in [2.45, 2.75) is 26.2 Å². The molecule has 25 heavy (non-hydrogen) atoms. The monoisotopic (exact) mass is 350 g/mol. The summed E-state index contributed by atoms with van der Waals surface area (Å²) in [6.07, 6.45) is 2.83. The van der Waals surface area contributed by atoms with Crippen LogP contribution in [-0.2, 0) is 22.9 Å². The predicted molar refractivity (Wildman–Crippen MR) is 94.7 cm³/mol. The molecule has 0 atom stereocenters. The minimum Gasteiger partial charge on any atom is -0.381 e. The topological polar surface area (TPSA) is 68.6 Å². The predicted octanol–water partition coefficient (Wildman–Crippen LogP) is 0.841. The summed E-state index contributed by atoms with van der Waals surface area (Å²) in [5.74, 6) is -0.0804. The molecule has 3 rings (SSSR count). The Bertz CT molecular complexity index is 575. The molecule has 1 N–H and O–H groups in total. The van der Waals surface area contributed by atoms with Crippen LogP contribution in [0.4, 0.5) is 0 Å². The van der Waals surface area contributed by atoms with E-state index in [2.05, 4.69) is 22.2 Å². The molecule has 0 spiro atoms. The zero-order valence-electron chi connectivity index (χ0n) is 15.4. The first-order chi connectivity index (χ1) is 12.1. The number of aromatic nitrogens is 2. The first-order valence-corrected chi connectivity index (χ1v) is 9.31. The molecule has 7 nitrogen and oxygen atoms in total. The molecular formula is C18H30N4O3. The minimum atomic E-state index is -0.0804. The number of amides is 1. The Morgan fingerprint density at radius 2 is 1.92 bits per heavy atom. The van der Waals surface area contributed by atoms with Crippen LogP contribution < -0.4 is 5.32 Å². The van der Waals surface area contributed by atoms with E-state index in [-0.39, 0.29) is 11.3 Å². The van der Waals surface area contributed by atoms with Gasteiger partial charge in [-0.15, -0.1) is 0 Å². The highest BCUT2D eigenvalue weighted by Gasteiger charge is 2.35. The molecule has 0 saturated carbocycles. The smallest absolute Gasteiger partial charge is 0.271 e.